The van der Waals surface area contributed by atoms with Gasteiger partial charge < -0.3 is 5.11 Å². The molecule has 0 aliphatic carbocycles. The molecule has 6 heteroatoms. The highest BCUT2D eigenvalue weighted by Crippen LogP contribution is 2.39. The molecule has 1 heterocycles. The van der Waals surface area contributed by atoms with Gasteiger partial charge in [0.25, 0.3) is 5.69 Å². The molecule has 0 saturated carbocycles. The van der Waals surface area contributed by atoms with Crippen molar-refractivity contribution < 1.29 is 10.0 Å². The SMILES string of the molecule is CC1=NN(c2ccc([N+](=O)[O-])cc2)C(O)(c2ccccc2)C1. The maximum atomic E-state index is 11.1. The van der Waals surface area contributed by atoms with E-state index in [2.05, 4.69) is 5.10 Å². The Morgan fingerprint density at radius 3 is 2.41 bits per heavy atom. The van der Waals surface area contributed by atoms with Crippen molar-refractivity contribution in [1.29, 1.82) is 0 Å². The van der Waals surface area contributed by atoms with Gasteiger partial charge in [0.2, 0.25) is 0 Å². The fourth-order valence-corrected chi connectivity index (χ4v) is 2.64. The largest absolute Gasteiger partial charge is 0.365 e. The van der Waals surface area contributed by atoms with Gasteiger partial charge in [-0.1, -0.05) is 30.3 Å². The topological polar surface area (TPSA) is 79.0 Å². The lowest BCUT2D eigenvalue weighted by molar-refractivity contribution is -0.384. The Kier molecular flexibility index (Phi) is 3.38. The van der Waals surface area contributed by atoms with Crippen LogP contribution in [-0.4, -0.2) is 15.7 Å². The number of benzene rings is 2. The monoisotopic (exact) mass is 297 g/mol. The predicted octanol–water partition coefficient (Wildman–Crippen LogP) is 3.03. The summed E-state index contributed by atoms with van der Waals surface area (Å²) in [6.45, 7) is 1.85. The molecule has 0 bridgehead atoms. The lowest BCUT2D eigenvalue weighted by Crippen LogP contribution is -2.39. The summed E-state index contributed by atoms with van der Waals surface area (Å²) in [5.74, 6) is 0. The van der Waals surface area contributed by atoms with Crippen LogP contribution in [0.4, 0.5) is 11.4 Å². The molecular formula is C16H15N3O3. The summed E-state index contributed by atoms with van der Waals surface area (Å²) in [5, 5.41) is 27.8. The number of anilines is 1. The standard InChI is InChI=1S/C16H15N3O3/c1-12-11-16(20,13-5-3-2-4-6-13)18(17-12)14-7-9-15(10-8-14)19(21)22/h2-10,20H,11H2,1H3. The van der Waals surface area contributed by atoms with Crippen molar-refractivity contribution in [3.63, 3.8) is 0 Å². The summed E-state index contributed by atoms with van der Waals surface area (Å²) in [5.41, 5.74) is 0.862. The quantitative estimate of drug-likeness (QED) is 0.697. The zero-order valence-electron chi connectivity index (χ0n) is 12.0. The van der Waals surface area contributed by atoms with Crippen LogP contribution >= 0.6 is 0 Å². The number of hydrogen-bond acceptors (Lipinski definition) is 5. The highest BCUT2D eigenvalue weighted by atomic mass is 16.6. The van der Waals surface area contributed by atoms with Crippen LogP contribution in [0.25, 0.3) is 0 Å². The molecule has 0 radical (unpaired) electrons. The smallest absolute Gasteiger partial charge is 0.269 e. The third-order valence-corrected chi connectivity index (χ3v) is 3.66. The zero-order valence-corrected chi connectivity index (χ0v) is 12.0. The van der Waals surface area contributed by atoms with Crippen LogP contribution in [0.5, 0.6) is 0 Å². The molecule has 3 rings (SSSR count). The van der Waals surface area contributed by atoms with E-state index in [-0.39, 0.29) is 5.69 Å². The minimum atomic E-state index is -1.28. The first kappa shape index (κ1) is 14.2. The average Bonchev–Trinajstić information content (AvgIpc) is 2.84. The van der Waals surface area contributed by atoms with Crippen LogP contribution < -0.4 is 5.01 Å². The highest BCUT2D eigenvalue weighted by Gasteiger charge is 2.42. The van der Waals surface area contributed by atoms with E-state index < -0.39 is 10.6 Å². The minimum absolute atomic E-state index is 0.00639. The fourth-order valence-electron chi connectivity index (χ4n) is 2.64. The van der Waals surface area contributed by atoms with Crippen LogP contribution in [-0.2, 0) is 5.72 Å². The normalized spacial score (nSPS) is 20.8. The molecule has 112 valence electrons. The summed E-state index contributed by atoms with van der Waals surface area (Å²) < 4.78 is 0. The second-order valence-electron chi connectivity index (χ2n) is 5.28. The number of nitrogens with zero attached hydrogens (tertiary/aromatic N) is 3. The van der Waals surface area contributed by atoms with Gasteiger partial charge in [-0.05, 0) is 19.1 Å². The molecule has 2 aromatic rings. The number of hydrazone groups is 1. The lowest BCUT2D eigenvalue weighted by Gasteiger charge is -2.33. The van der Waals surface area contributed by atoms with Gasteiger partial charge in [-0.25, -0.2) is 5.01 Å². The van der Waals surface area contributed by atoms with Gasteiger partial charge in [-0.3, -0.25) is 10.1 Å². The van der Waals surface area contributed by atoms with Crippen molar-refractivity contribution in [3.8, 4) is 0 Å². The first-order chi connectivity index (χ1) is 10.5. The second-order valence-corrected chi connectivity index (χ2v) is 5.28. The minimum Gasteiger partial charge on any atom is -0.365 e. The number of nitro groups is 1. The summed E-state index contributed by atoms with van der Waals surface area (Å²) >= 11 is 0. The highest BCUT2D eigenvalue weighted by molar-refractivity contribution is 5.87. The maximum Gasteiger partial charge on any atom is 0.269 e. The molecule has 0 amide bonds. The fraction of sp³-hybridized carbons (Fsp3) is 0.188. The summed E-state index contributed by atoms with van der Waals surface area (Å²) in [6, 6.07) is 15.3. The van der Waals surface area contributed by atoms with Crippen molar-refractivity contribution in [2.45, 2.75) is 19.1 Å². The number of rotatable bonds is 3. The van der Waals surface area contributed by atoms with E-state index in [0.717, 1.165) is 11.3 Å². The van der Waals surface area contributed by atoms with E-state index in [1.807, 2.05) is 37.3 Å². The van der Waals surface area contributed by atoms with Crippen molar-refractivity contribution in [2.24, 2.45) is 5.10 Å². The van der Waals surface area contributed by atoms with Gasteiger partial charge in [0.15, 0.2) is 5.72 Å². The van der Waals surface area contributed by atoms with Crippen LogP contribution in [0, 0.1) is 10.1 Å². The number of nitro benzene ring substituents is 1. The Morgan fingerprint density at radius 1 is 1.18 bits per heavy atom. The molecule has 0 spiro atoms. The Morgan fingerprint density at radius 2 is 1.82 bits per heavy atom. The van der Waals surface area contributed by atoms with Crippen molar-refractivity contribution in [1.82, 2.24) is 0 Å². The number of non-ortho nitro benzene ring substituents is 1. The van der Waals surface area contributed by atoms with Gasteiger partial charge >= 0.3 is 0 Å². The van der Waals surface area contributed by atoms with E-state index in [1.54, 1.807) is 12.1 Å². The van der Waals surface area contributed by atoms with Gasteiger partial charge in [0.1, 0.15) is 0 Å². The van der Waals surface area contributed by atoms with E-state index in [0.29, 0.717) is 12.1 Å². The lowest BCUT2D eigenvalue weighted by atomic mass is 9.97. The predicted molar refractivity (Wildman–Crippen MR) is 83.6 cm³/mol. The summed E-state index contributed by atoms with van der Waals surface area (Å²) in [4.78, 5) is 10.3. The van der Waals surface area contributed by atoms with Crippen molar-refractivity contribution >= 4 is 17.1 Å². The number of aliphatic hydroxyl groups is 1. The van der Waals surface area contributed by atoms with E-state index in [4.69, 9.17) is 0 Å². The summed E-state index contributed by atoms with van der Waals surface area (Å²) in [6.07, 6.45) is 0.383. The average molecular weight is 297 g/mol. The first-order valence-corrected chi connectivity index (χ1v) is 6.87. The molecule has 2 aromatic carbocycles. The Balaban J connectivity index is 2.01. The maximum absolute atomic E-state index is 11.1. The van der Waals surface area contributed by atoms with Crippen molar-refractivity contribution in [3.05, 3.63) is 70.3 Å². The molecule has 0 saturated heterocycles. The van der Waals surface area contributed by atoms with Crippen LogP contribution in [0.15, 0.2) is 59.7 Å². The van der Waals surface area contributed by atoms with Crippen LogP contribution in [0.1, 0.15) is 18.9 Å². The van der Waals surface area contributed by atoms with E-state index in [1.165, 1.54) is 17.1 Å². The molecule has 22 heavy (non-hydrogen) atoms. The Labute approximate surface area is 127 Å². The molecule has 1 aliphatic heterocycles. The molecule has 1 atom stereocenters. The third-order valence-electron chi connectivity index (χ3n) is 3.66. The Bertz CT molecular complexity index is 728. The first-order valence-electron chi connectivity index (χ1n) is 6.87. The van der Waals surface area contributed by atoms with Gasteiger partial charge in [-0.2, -0.15) is 5.10 Å². The molecular weight excluding hydrogens is 282 g/mol. The van der Waals surface area contributed by atoms with E-state index >= 15 is 0 Å². The van der Waals surface area contributed by atoms with Crippen LogP contribution in [0.3, 0.4) is 0 Å². The number of hydrogen-bond donors (Lipinski definition) is 1. The zero-order chi connectivity index (χ0) is 15.7. The van der Waals surface area contributed by atoms with E-state index in [9.17, 15) is 15.2 Å². The van der Waals surface area contributed by atoms with Gasteiger partial charge in [0.05, 0.1) is 10.6 Å². The van der Waals surface area contributed by atoms with Gasteiger partial charge in [-0.15, -0.1) is 0 Å². The molecule has 1 aliphatic rings. The molecule has 0 fully saturated rings. The third kappa shape index (κ3) is 2.33. The summed E-state index contributed by atoms with van der Waals surface area (Å²) in [7, 11) is 0. The molecule has 1 N–H and O–H groups in total. The molecule has 6 nitrogen and oxygen atoms in total. The molecule has 0 aromatic heterocycles. The Hall–Kier alpha value is -2.73. The van der Waals surface area contributed by atoms with Gasteiger partial charge in [0, 0.05) is 29.8 Å². The molecule has 1 unspecified atom stereocenters. The second kappa shape index (κ2) is 5.23. The van der Waals surface area contributed by atoms with Crippen molar-refractivity contribution in [2.75, 3.05) is 5.01 Å². The van der Waals surface area contributed by atoms with Crippen LogP contribution in [0.2, 0.25) is 0 Å².